The predicted octanol–water partition coefficient (Wildman–Crippen LogP) is -0.543. The molecule has 1 unspecified atom stereocenters. The number of ether oxygens (including phenoxy) is 3. The van der Waals surface area contributed by atoms with Gasteiger partial charge in [-0.3, -0.25) is 22.5 Å². The van der Waals surface area contributed by atoms with Gasteiger partial charge >= 0.3 is 5.97 Å². The fourth-order valence-electron chi connectivity index (χ4n) is 3.69. The molecular formula is C19H28N4O11S2. The number of carbonyl (C=O) groups excluding carboxylic acids is 1. The Labute approximate surface area is 207 Å². The molecule has 1 aliphatic rings. The van der Waals surface area contributed by atoms with E-state index in [-0.39, 0.29) is 17.8 Å². The molecule has 3 heterocycles. The zero-order chi connectivity index (χ0) is 26.7. The van der Waals surface area contributed by atoms with Crippen LogP contribution in [-0.2, 0) is 47.6 Å². The second-order valence-electron chi connectivity index (χ2n) is 8.28. The first-order chi connectivity index (χ1) is 16.8. The van der Waals surface area contributed by atoms with E-state index in [0.717, 1.165) is 32.2 Å². The molecule has 17 heteroatoms. The van der Waals surface area contributed by atoms with Gasteiger partial charge in [0.2, 0.25) is 0 Å². The van der Waals surface area contributed by atoms with E-state index < -0.39 is 69.0 Å². The molecule has 0 radical (unpaired) electrons. The van der Waals surface area contributed by atoms with Crippen LogP contribution in [0.3, 0.4) is 0 Å². The second-order valence-corrected chi connectivity index (χ2v) is 11.6. The largest absolute Gasteiger partial charge is 0.455 e. The highest BCUT2D eigenvalue weighted by atomic mass is 32.2. The summed E-state index contributed by atoms with van der Waals surface area (Å²) in [4.78, 5) is 34.8. The fourth-order valence-corrected chi connectivity index (χ4v) is 4.52. The van der Waals surface area contributed by atoms with Gasteiger partial charge in [-0.2, -0.15) is 16.8 Å². The standard InChI is InChI=1S/C19H28N4O11S2/c1-5-6-7-30-15-14(33-12(2)24)18(23-11-22-13-16(23)20-10-21-17(13)25)34-19(15,8-31-35(3,26)27)9-32-36(4,28)29/h10-11,14-15,18H,5-9H2,1-4H3,(H,20,21,25)/t14?,15-,18-/m1/s1. The van der Waals surface area contributed by atoms with Crippen LogP contribution in [0.2, 0.25) is 0 Å². The number of aromatic amines is 1. The summed E-state index contributed by atoms with van der Waals surface area (Å²) >= 11 is 0. The van der Waals surface area contributed by atoms with Crippen molar-refractivity contribution in [3.05, 3.63) is 23.0 Å². The summed E-state index contributed by atoms with van der Waals surface area (Å²) in [7, 11) is -8.06. The summed E-state index contributed by atoms with van der Waals surface area (Å²) in [6, 6.07) is 0. The Bertz CT molecular complexity index is 1320. The first-order valence-corrected chi connectivity index (χ1v) is 14.5. The number of hydrogen-bond donors (Lipinski definition) is 1. The minimum Gasteiger partial charge on any atom is -0.455 e. The molecule has 0 spiro atoms. The molecule has 15 nitrogen and oxygen atoms in total. The maximum atomic E-state index is 12.2. The van der Waals surface area contributed by atoms with Crippen LogP contribution in [0.25, 0.3) is 11.2 Å². The number of fused-ring (bicyclic) bond motifs is 1. The molecule has 3 rings (SSSR count). The Morgan fingerprint density at radius 3 is 2.36 bits per heavy atom. The minimum absolute atomic E-state index is 0.0385. The van der Waals surface area contributed by atoms with Crippen LogP contribution in [0, 0.1) is 0 Å². The third kappa shape index (κ3) is 6.65. The monoisotopic (exact) mass is 552 g/mol. The Morgan fingerprint density at radius 1 is 1.17 bits per heavy atom. The number of rotatable bonds is 12. The maximum absolute atomic E-state index is 12.2. The molecule has 36 heavy (non-hydrogen) atoms. The van der Waals surface area contributed by atoms with Gasteiger partial charge in [0, 0.05) is 13.5 Å². The molecule has 0 amide bonds. The van der Waals surface area contributed by atoms with Crippen LogP contribution in [-0.4, -0.2) is 92.5 Å². The van der Waals surface area contributed by atoms with E-state index in [2.05, 4.69) is 15.0 Å². The first kappa shape index (κ1) is 28.1. The third-order valence-corrected chi connectivity index (χ3v) is 6.32. The van der Waals surface area contributed by atoms with Gasteiger partial charge in [-0.15, -0.1) is 0 Å². The minimum atomic E-state index is -4.03. The Morgan fingerprint density at radius 2 is 1.81 bits per heavy atom. The van der Waals surface area contributed by atoms with Crippen molar-refractivity contribution in [2.75, 3.05) is 32.3 Å². The second kappa shape index (κ2) is 10.9. The van der Waals surface area contributed by atoms with Crippen LogP contribution in [0.5, 0.6) is 0 Å². The van der Waals surface area contributed by atoms with E-state index in [0.29, 0.717) is 6.42 Å². The van der Waals surface area contributed by atoms with E-state index in [1.54, 1.807) is 0 Å². The number of carbonyl (C=O) groups is 1. The average molecular weight is 553 g/mol. The van der Waals surface area contributed by atoms with Crippen molar-refractivity contribution in [3.63, 3.8) is 0 Å². The maximum Gasteiger partial charge on any atom is 0.303 e. The Balaban J connectivity index is 2.16. The lowest BCUT2D eigenvalue weighted by Gasteiger charge is -2.33. The molecule has 2 aromatic heterocycles. The molecule has 2 aromatic rings. The van der Waals surface area contributed by atoms with Gasteiger partial charge in [0.15, 0.2) is 29.1 Å². The van der Waals surface area contributed by atoms with E-state index in [9.17, 15) is 26.4 Å². The topological polar surface area (TPSA) is 195 Å². The lowest BCUT2D eigenvalue weighted by molar-refractivity contribution is -0.158. The zero-order valence-corrected chi connectivity index (χ0v) is 21.7. The molecule has 0 bridgehead atoms. The number of nitrogens with one attached hydrogen (secondary N) is 1. The number of unbranched alkanes of at least 4 members (excludes halogenated alkanes) is 1. The SMILES string of the molecule is CCCCO[C@@H]1C(OC(C)=O)[C@H](n2cnc3c(=O)[nH]cnc32)OC1(COS(C)(=O)=O)COS(C)(=O)=O. The highest BCUT2D eigenvalue weighted by Crippen LogP contribution is 2.43. The molecule has 3 atom stereocenters. The molecule has 0 aromatic carbocycles. The quantitative estimate of drug-likeness (QED) is 0.200. The summed E-state index contributed by atoms with van der Waals surface area (Å²) in [5.74, 6) is -0.725. The van der Waals surface area contributed by atoms with E-state index >= 15 is 0 Å². The lowest BCUT2D eigenvalue weighted by atomic mass is 9.96. The predicted molar refractivity (Wildman–Crippen MR) is 123 cm³/mol. The van der Waals surface area contributed by atoms with Gasteiger partial charge < -0.3 is 19.2 Å². The Hall–Kier alpha value is -2.44. The van der Waals surface area contributed by atoms with Crippen molar-refractivity contribution >= 4 is 37.4 Å². The van der Waals surface area contributed by atoms with Crippen molar-refractivity contribution in [2.45, 2.75) is 50.7 Å². The van der Waals surface area contributed by atoms with Crippen LogP contribution in [0.4, 0.5) is 0 Å². The van der Waals surface area contributed by atoms with Gasteiger partial charge in [0.1, 0.15) is 19.3 Å². The van der Waals surface area contributed by atoms with Crippen LogP contribution >= 0.6 is 0 Å². The van der Waals surface area contributed by atoms with Crippen molar-refractivity contribution in [1.29, 1.82) is 0 Å². The number of esters is 1. The molecular weight excluding hydrogens is 524 g/mol. The van der Waals surface area contributed by atoms with Gasteiger partial charge in [-0.1, -0.05) is 13.3 Å². The number of hydrogen-bond acceptors (Lipinski definition) is 13. The summed E-state index contributed by atoms with van der Waals surface area (Å²) in [6.07, 6.45) is 1.51. The smallest absolute Gasteiger partial charge is 0.303 e. The van der Waals surface area contributed by atoms with E-state index in [1.807, 2.05) is 6.92 Å². The van der Waals surface area contributed by atoms with Gasteiger partial charge in [0.05, 0.1) is 25.2 Å². The first-order valence-electron chi connectivity index (χ1n) is 10.8. The Kier molecular flexibility index (Phi) is 8.51. The summed E-state index contributed by atoms with van der Waals surface area (Å²) in [5, 5.41) is 0. The summed E-state index contributed by atoms with van der Waals surface area (Å²) < 4.78 is 76.4. The van der Waals surface area contributed by atoms with Gasteiger partial charge in [-0.25, -0.2) is 9.97 Å². The van der Waals surface area contributed by atoms with Crippen LogP contribution < -0.4 is 5.56 Å². The molecule has 0 aliphatic carbocycles. The van der Waals surface area contributed by atoms with Crippen molar-refractivity contribution < 1.29 is 44.2 Å². The average Bonchev–Trinajstić information content (AvgIpc) is 3.31. The fraction of sp³-hybridized carbons (Fsp3) is 0.684. The number of aromatic nitrogens is 4. The molecule has 0 saturated carbocycles. The summed E-state index contributed by atoms with van der Waals surface area (Å²) in [6.45, 7) is 1.74. The normalized spacial score (nSPS) is 22.2. The van der Waals surface area contributed by atoms with Crippen LogP contribution in [0.15, 0.2) is 17.4 Å². The highest BCUT2D eigenvalue weighted by Gasteiger charge is 2.60. The summed E-state index contributed by atoms with van der Waals surface area (Å²) in [5.41, 5.74) is -2.40. The molecule has 1 fully saturated rings. The van der Waals surface area contributed by atoms with Crippen LogP contribution in [0.1, 0.15) is 32.9 Å². The van der Waals surface area contributed by atoms with E-state index in [4.69, 9.17) is 22.6 Å². The molecule has 1 saturated heterocycles. The van der Waals surface area contributed by atoms with Crippen molar-refractivity contribution in [2.24, 2.45) is 0 Å². The number of H-pyrrole nitrogens is 1. The van der Waals surface area contributed by atoms with Gasteiger partial charge in [-0.05, 0) is 6.42 Å². The number of imidazole rings is 1. The van der Waals surface area contributed by atoms with Crippen molar-refractivity contribution in [3.8, 4) is 0 Å². The third-order valence-electron chi connectivity index (χ3n) is 5.22. The highest BCUT2D eigenvalue weighted by molar-refractivity contribution is 7.86. The zero-order valence-electron chi connectivity index (χ0n) is 20.1. The van der Waals surface area contributed by atoms with Crippen molar-refractivity contribution in [1.82, 2.24) is 19.5 Å². The molecule has 1 aliphatic heterocycles. The molecule has 1 N–H and O–H groups in total. The van der Waals surface area contributed by atoms with E-state index in [1.165, 1.54) is 10.9 Å². The molecule has 202 valence electrons. The van der Waals surface area contributed by atoms with Gasteiger partial charge in [0.25, 0.3) is 25.8 Å². The lowest BCUT2D eigenvalue weighted by Crippen LogP contribution is -2.53. The number of nitrogens with zero attached hydrogens (tertiary/aromatic N) is 3.